The van der Waals surface area contributed by atoms with Crippen molar-refractivity contribution in [3.63, 3.8) is 0 Å². The molecule has 0 N–H and O–H groups in total. The van der Waals surface area contributed by atoms with Gasteiger partial charge in [0.2, 0.25) is 5.91 Å². The van der Waals surface area contributed by atoms with Gasteiger partial charge in [0.15, 0.2) is 0 Å². The number of likely N-dealkylation sites (tertiary alicyclic amines) is 1. The summed E-state index contributed by atoms with van der Waals surface area (Å²) < 4.78 is 26.6. The highest BCUT2D eigenvalue weighted by Crippen LogP contribution is 2.59. The molecule has 1 saturated carbocycles. The van der Waals surface area contributed by atoms with Crippen LogP contribution in [0.1, 0.15) is 25.3 Å². The van der Waals surface area contributed by atoms with E-state index >= 15 is 0 Å². The van der Waals surface area contributed by atoms with Crippen LogP contribution in [0.3, 0.4) is 0 Å². The van der Waals surface area contributed by atoms with Gasteiger partial charge in [0, 0.05) is 18.0 Å². The molecule has 1 aliphatic heterocycles. The van der Waals surface area contributed by atoms with Crippen LogP contribution in [0, 0.1) is 17.6 Å². The fourth-order valence-corrected chi connectivity index (χ4v) is 3.16. The van der Waals surface area contributed by atoms with Gasteiger partial charge in [-0.3, -0.25) is 4.79 Å². The van der Waals surface area contributed by atoms with Gasteiger partial charge >= 0.3 is 0 Å². The third kappa shape index (κ3) is 1.79. The summed E-state index contributed by atoms with van der Waals surface area (Å²) in [6, 6.07) is 3.51. The van der Waals surface area contributed by atoms with Crippen molar-refractivity contribution in [2.24, 2.45) is 5.92 Å². The summed E-state index contributed by atoms with van der Waals surface area (Å²) in [7, 11) is 0. The number of halogens is 2. The summed E-state index contributed by atoms with van der Waals surface area (Å²) in [5, 5.41) is 0. The highest BCUT2D eigenvalue weighted by molar-refractivity contribution is 7.80. The van der Waals surface area contributed by atoms with Crippen LogP contribution in [0.4, 0.5) is 8.78 Å². The van der Waals surface area contributed by atoms with Crippen LogP contribution in [0.5, 0.6) is 0 Å². The number of benzene rings is 1. The number of amides is 1. The van der Waals surface area contributed by atoms with Crippen molar-refractivity contribution in [3.05, 3.63) is 35.4 Å². The Morgan fingerprint density at radius 3 is 2.63 bits per heavy atom. The summed E-state index contributed by atoms with van der Waals surface area (Å²) in [4.78, 5) is 14.3. The van der Waals surface area contributed by atoms with Gasteiger partial charge < -0.3 is 4.90 Å². The molecule has 0 unspecified atom stereocenters. The Bertz CT molecular complexity index is 569. The van der Waals surface area contributed by atoms with Crippen LogP contribution >= 0.6 is 12.2 Å². The van der Waals surface area contributed by atoms with Crippen LogP contribution in [0.2, 0.25) is 0 Å². The van der Waals surface area contributed by atoms with Crippen LogP contribution < -0.4 is 0 Å². The maximum Gasteiger partial charge on any atom is 0.231 e. The highest BCUT2D eigenvalue weighted by Gasteiger charge is 2.66. The third-order valence-electron chi connectivity index (χ3n) is 4.12. The average molecular weight is 281 g/mol. The summed E-state index contributed by atoms with van der Waals surface area (Å²) >= 11 is 5.17. The molecule has 1 aromatic rings. The van der Waals surface area contributed by atoms with E-state index in [1.54, 1.807) is 4.90 Å². The summed E-state index contributed by atoms with van der Waals surface area (Å²) in [5.41, 5.74) is 0.143. The SMILES string of the molecule is CCC(=S)N1C[C@@]2(c3cc(F)cc(F)c3)C[C@H]2C1=O. The number of carbonyl (C=O) groups is 1. The lowest BCUT2D eigenvalue weighted by Crippen LogP contribution is -2.34. The smallest absolute Gasteiger partial charge is 0.231 e. The average Bonchev–Trinajstić information content (AvgIpc) is 3.02. The first-order valence-corrected chi connectivity index (χ1v) is 6.69. The fourth-order valence-electron chi connectivity index (χ4n) is 3.01. The predicted molar refractivity (Wildman–Crippen MR) is 70.7 cm³/mol. The van der Waals surface area contributed by atoms with Crippen LogP contribution in [-0.2, 0) is 10.2 Å². The zero-order chi connectivity index (χ0) is 13.8. The molecule has 0 aromatic heterocycles. The minimum Gasteiger partial charge on any atom is -0.305 e. The Balaban J connectivity index is 1.95. The normalized spacial score (nSPS) is 28.5. The molecule has 5 heteroatoms. The van der Waals surface area contributed by atoms with E-state index in [9.17, 15) is 13.6 Å². The molecular weight excluding hydrogens is 268 g/mol. The molecule has 0 bridgehead atoms. The molecule has 1 heterocycles. The number of hydrogen-bond acceptors (Lipinski definition) is 2. The van der Waals surface area contributed by atoms with Gasteiger partial charge in [-0.05, 0) is 30.5 Å². The van der Waals surface area contributed by atoms with Crippen LogP contribution in [0.25, 0.3) is 0 Å². The molecule has 2 nitrogen and oxygen atoms in total. The Hall–Kier alpha value is -1.36. The molecule has 1 aromatic carbocycles. The minimum absolute atomic E-state index is 0.00322. The lowest BCUT2D eigenvalue weighted by molar-refractivity contribution is -0.126. The predicted octanol–water partition coefficient (Wildman–Crippen LogP) is 2.80. The molecule has 1 aliphatic carbocycles. The van der Waals surface area contributed by atoms with E-state index < -0.39 is 17.0 Å². The molecular formula is C14H13F2NOS. The lowest BCUT2D eigenvalue weighted by Gasteiger charge is -2.21. The monoisotopic (exact) mass is 281 g/mol. The van der Waals surface area contributed by atoms with E-state index in [0.29, 0.717) is 29.9 Å². The summed E-state index contributed by atoms with van der Waals surface area (Å²) in [6.07, 6.45) is 1.29. The van der Waals surface area contributed by atoms with Gasteiger partial charge in [0.1, 0.15) is 11.6 Å². The Kier molecular flexibility index (Phi) is 2.71. The van der Waals surface area contributed by atoms with E-state index in [1.807, 2.05) is 6.92 Å². The van der Waals surface area contributed by atoms with E-state index in [1.165, 1.54) is 12.1 Å². The Morgan fingerprint density at radius 2 is 2.05 bits per heavy atom. The Labute approximate surface area is 115 Å². The number of piperidine rings is 1. The number of fused-ring (bicyclic) bond motifs is 1. The molecule has 2 aliphatic rings. The summed E-state index contributed by atoms with van der Waals surface area (Å²) in [5.74, 6) is -1.37. The summed E-state index contributed by atoms with van der Waals surface area (Å²) in [6.45, 7) is 2.35. The maximum atomic E-state index is 13.3. The largest absolute Gasteiger partial charge is 0.305 e. The molecule has 0 spiro atoms. The number of hydrogen-bond donors (Lipinski definition) is 0. The van der Waals surface area contributed by atoms with Gasteiger partial charge in [-0.2, -0.15) is 0 Å². The van der Waals surface area contributed by atoms with E-state index in [0.717, 1.165) is 6.07 Å². The highest BCUT2D eigenvalue weighted by atomic mass is 32.1. The number of thiocarbonyl (C=S) groups is 1. The second-order valence-electron chi connectivity index (χ2n) is 5.24. The number of nitrogens with zero attached hydrogens (tertiary/aromatic N) is 1. The second kappa shape index (κ2) is 4.07. The van der Waals surface area contributed by atoms with E-state index in [-0.39, 0.29) is 11.8 Å². The lowest BCUT2D eigenvalue weighted by atomic mass is 9.95. The molecule has 100 valence electrons. The third-order valence-corrected chi connectivity index (χ3v) is 4.63. The molecule has 0 radical (unpaired) electrons. The van der Waals surface area contributed by atoms with Crippen molar-refractivity contribution in [2.75, 3.05) is 6.54 Å². The quantitative estimate of drug-likeness (QED) is 0.777. The van der Waals surface area contributed by atoms with Crippen molar-refractivity contribution < 1.29 is 13.6 Å². The van der Waals surface area contributed by atoms with Gasteiger partial charge in [-0.15, -0.1) is 0 Å². The molecule has 2 fully saturated rings. The maximum absolute atomic E-state index is 13.3. The zero-order valence-corrected chi connectivity index (χ0v) is 11.3. The van der Waals surface area contributed by atoms with Crippen LogP contribution in [0.15, 0.2) is 18.2 Å². The molecule has 1 amide bonds. The zero-order valence-electron chi connectivity index (χ0n) is 10.5. The standard InChI is InChI=1S/C14H13F2NOS/c1-2-12(19)17-7-14(6-11(14)13(17)18)8-3-9(15)5-10(16)4-8/h3-5,11H,2,6-7H2,1H3/t11-,14+/m0/s1. The van der Waals surface area contributed by atoms with Crippen molar-refractivity contribution in [1.29, 1.82) is 0 Å². The number of rotatable bonds is 2. The number of carbonyl (C=O) groups excluding carboxylic acids is 1. The van der Waals surface area contributed by atoms with Crippen LogP contribution in [-0.4, -0.2) is 22.3 Å². The van der Waals surface area contributed by atoms with Gasteiger partial charge in [0.05, 0.1) is 10.9 Å². The molecule has 3 rings (SSSR count). The minimum atomic E-state index is -0.598. The van der Waals surface area contributed by atoms with Crippen molar-refractivity contribution in [2.45, 2.75) is 25.2 Å². The molecule has 2 atom stereocenters. The van der Waals surface area contributed by atoms with Crippen molar-refractivity contribution in [3.8, 4) is 0 Å². The van der Waals surface area contributed by atoms with Crippen molar-refractivity contribution >= 4 is 23.1 Å². The first-order chi connectivity index (χ1) is 8.98. The Morgan fingerprint density at radius 1 is 1.42 bits per heavy atom. The van der Waals surface area contributed by atoms with E-state index in [4.69, 9.17) is 12.2 Å². The van der Waals surface area contributed by atoms with Gasteiger partial charge in [0.25, 0.3) is 0 Å². The topological polar surface area (TPSA) is 20.3 Å². The van der Waals surface area contributed by atoms with Gasteiger partial charge in [-0.25, -0.2) is 8.78 Å². The molecule has 19 heavy (non-hydrogen) atoms. The van der Waals surface area contributed by atoms with Crippen molar-refractivity contribution in [1.82, 2.24) is 4.90 Å². The van der Waals surface area contributed by atoms with Gasteiger partial charge in [-0.1, -0.05) is 19.1 Å². The fraction of sp³-hybridized carbons (Fsp3) is 0.429. The van der Waals surface area contributed by atoms with E-state index in [2.05, 4.69) is 0 Å². The first kappa shape index (κ1) is 12.7. The first-order valence-electron chi connectivity index (χ1n) is 6.29. The second-order valence-corrected chi connectivity index (χ2v) is 5.71. The molecule has 1 saturated heterocycles.